The van der Waals surface area contributed by atoms with Crippen LogP contribution in [0.5, 0.6) is 5.75 Å². The minimum atomic E-state index is -0.195. The van der Waals surface area contributed by atoms with E-state index in [1.54, 1.807) is 19.2 Å². The van der Waals surface area contributed by atoms with Crippen molar-refractivity contribution in [1.82, 2.24) is 10.9 Å². The van der Waals surface area contributed by atoms with Gasteiger partial charge in [-0.3, -0.25) is 0 Å². The van der Waals surface area contributed by atoms with Crippen molar-refractivity contribution in [2.75, 3.05) is 18.6 Å². The van der Waals surface area contributed by atoms with Crippen LogP contribution in [0.25, 0.3) is 0 Å². The Morgan fingerprint density at radius 2 is 1.80 bits per heavy atom. The molecule has 0 aliphatic carbocycles. The van der Waals surface area contributed by atoms with Crippen LogP contribution in [0.2, 0.25) is 0 Å². The highest BCUT2D eigenvalue weighted by molar-refractivity contribution is 5.61. The summed E-state index contributed by atoms with van der Waals surface area (Å²) in [6.45, 7) is 3.65. The molecule has 1 saturated heterocycles. The Morgan fingerprint density at radius 1 is 1.00 bits per heavy atom. The van der Waals surface area contributed by atoms with Crippen molar-refractivity contribution < 1.29 is 9.13 Å². The molecule has 2 N–H and O–H groups in total. The second kappa shape index (κ2) is 7.74. The first kappa shape index (κ1) is 19.1. The van der Waals surface area contributed by atoms with E-state index in [4.69, 9.17) is 4.74 Å². The number of hydrazine groups is 1. The summed E-state index contributed by atoms with van der Waals surface area (Å²) in [7, 11) is 1.70. The molecule has 0 spiro atoms. The predicted octanol–water partition coefficient (Wildman–Crippen LogP) is 4.67. The highest BCUT2D eigenvalue weighted by Gasteiger charge is 2.43. The highest BCUT2D eigenvalue weighted by atomic mass is 19.1. The molecule has 30 heavy (non-hydrogen) atoms. The van der Waals surface area contributed by atoms with Crippen molar-refractivity contribution in [1.29, 1.82) is 0 Å². The van der Waals surface area contributed by atoms with Crippen molar-refractivity contribution in [3.8, 4) is 5.75 Å². The maximum Gasteiger partial charge on any atom is 0.123 e. The number of hydrogen-bond acceptors (Lipinski definition) is 4. The van der Waals surface area contributed by atoms with E-state index in [0.29, 0.717) is 12.5 Å². The Balaban J connectivity index is 1.52. The fourth-order valence-electron chi connectivity index (χ4n) is 4.76. The zero-order valence-corrected chi connectivity index (χ0v) is 17.2. The van der Waals surface area contributed by atoms with Crippen molar-refractivity contribution in [2.24, 2.45) is 5.92 Å². The summed E-state index contributed by atoms with van der Waals surface area (Å²) in [6.07, 6.45) is 0. The number of rotatable bonds is 4. The van der Waals surface area contributed by atoms with Gasteiger partial charge in [0.05, 0.1) is 19.2 Å². The van der Waals surface area contributed by atoms with Crippen molar-refractivity contribution >= 4 is 5.69 Å². The van der Waals surface area contributed by atoms with Gasteiger partial charge in [0.1, 0.15) is 11.6 Å². The van der Waals surface area contributed by atoms with E-state index >= 15 is 0 Å². The molecule has 3 atom stereocenters. The van der Waals surface area contributed by atoms with Crippen molar-refractivity contribution in [3.05, 3.63) is 94.8 Å². The Hall–Kier alpha value is -2.89. The van der Waals surface area contributed by atoms with Gasteiger partial charge in [0.25, 0.3) is 0 Å². The molecular weight excluding hydrogens is 377 g/mol. The van der Waals surface area contributed by atoms with Crippen LogP contribution in [0.4, 0.5) is 10.1 Å². The number of methoxy groups -OCH3 is 1. The van der Waals surface area contributed by atoms with Gasteiger partial charge in [0.15, 0.2) is 0 Å². The molecule has 1 fully saturated rings. The SMILES string of the molecule is COc1ccc2c(c1)C1NNC(c3ccc(C)cc3)C1CN2Cc1cccc(F)c1. The average Bonchev–Trinajstić information content (AvgIpc) is 3.18. The summed E-state index contributed by atoms with van der Waals surface area (Å²) in [5, 5.41) is 0. The number of ether oxygens (including phenoxy) is 1. The third-order valence-electron chi connectivity index (χ3n) is 6.29. The third kappa shape index (κ3) is 3.44. The fraction of sp³-hybridized carbons (Fsp3) is 0.280. The first-order valence-electron chi connectivity index (χ1n) is 10.4. The second-order valence-corrected chi connectivity index (χ2v) is 8.25. The Kier molecular flexibility index (Phi) is 4.93. The largest absolute Gasteiger partial charge is 0.497 e. The molecular formula is C25H26FN3O. The zero-order valence-electron chi connectivity index (χ0n) is 17.2. The molecule has 3 aromatic carbocycles. The average molecular weight is 404 g/mol. The van der Waals surface area contributed by atoms with Gasteiger partial charge in [-0.2, -0.15) is 0 Å². The number of hydrogen-bond donors (Lipinski definition) is 2. The smallest absolute Gasteiger partial charge is 0.123 e. The molecule has 2 aliphatic heterocycles. The van der Waals surface area contributed by atoms with Crippen LogP contribution >= 0.6 is 0 Å². The molecule has 2 aliphatic rings. The molecule has 4 nitrogen and oxygen atoms in total. The molecule has 0 radical (unpaired) electrons. The number of nitrogens with zero attached hydrogens (tertiary/aromatic N) is 1. The fourth-order valence-corrected chi connectivity index (χ4v) is 4.76. The maximum absolute atomic E-state index is 13.8. The molecule has 0 bridgehead atoms. The van der Waals surface area contributed by atoms with Crippen molar-refractivity contribution in [3.63, 3.8) is 0 Å². The molecule has 0 aromatic heterocycles. The lowest BCUT2D eigenvalue weighted by Crippen LogP contribution is -2.39. The Bertz CT molecular complexity index is 1050. The zero-order chi connectivity index (χ0) is 20.7. The van der Waals surface area contributed by atoms with Gasteiger partial charge in [-0.25, -0.2) is 15.2 Å². The van der Waals surface area contributed by atoms with Crippen LogP contribution in [-0.2, 0) is 6.54 Å². The number of fused-ring (bicyclic) bond motifs is 3. The van der Waals surface area contributed by atoms with Gasteiger partial charge in [0, 0.05) is 24.7 Å². The van der Waals surface area contributed by atoms with Crippen LogP contribution in [0.15, 0.2) is 66.7 Å². The van der Waals surface area contributed by atoms with Crippen LogP contribution in [0, 0.1) is 18.7 Å². The van der Waals surface area contributed by atoms with E-state index < -0.39 is 0 Å². The lowest BCUT2D eigenvalue weighted by Gasteiger charge is -2.39. The molecule has 5 heteroatoms. The van der Waals surface area contributed by atoms with Crippen LogP contribution in [0.1, 0.15) is 34.3 Å². The molecule has 3 unspecified atom stereocenters. The number of benzene rings is 3. The Morgan fingerprint density at radius 3 is 2.57 bits per heavy atom. The summed E-state index contributed by atoms with van der Waals surface area (Å²) in [4.78, 5) is 2.36. The topological polar surface area (TPSA) is 36.5 Å². The number of aryl methyl sites for hydroxylation is 1. The molecule has 154 valence electrons. The summed E-state index contributed by atoms with van der Waals surface area (Å²) in [5.74, 6) is 0.987. The quantitative estimate of drug-likeness (QED) is 0.664. The minimum absolute atomic E-state index is 0.185. The highest BCUT2D eigenvalue weighted by Crippen LogP contribution is 2.46. The van der Waals surface area contributed by atoms with Gasteiger partial charge in [-0.1, -0.05) is 42.0 Å². The number of nitrogens with one attached hydrogen (secondary N) is 2. The van der Waals surface area contributed by atoms with Gasteiger partial charge >= 0.3 is 0 Å². The first-order chi connectivity index (χ1) is 14.6. The van der Waals surface area contributed by atoms with Gasteiger partial charge in [-0.15, -0.1) is 0 Å². The molecule has 5 rings (SSSR count). The summed E-state index contributed by atoms with van der Waals surface area (Å²) in [6, 6.07) is 22.2. The van der Waals surface area contributed by atoms with E-state index in [1.165, 1.54) is 28.4 Å². The van der Waals surface area contributed by atoms with Crippen LogP contribution in [0.3, 0.4) is 0 Å². The molecule has 3 aromatic rings. The van der Waals surface area contributed by atoms with E-state index in [9.17, 15) is 4.39 Å². The van der Waals surface area contributed by atoms with Crippen LogP contribution < -0.4 is 20.5 Å². The Labute approximate surface area is 176 Å². The van der Waals surface area contributed by atoms with E-state index in [1.807, 2.05) is 12.1 Å². The third-order valence-corrected chi connectivity index (χ3v) is 6.29. The second-order valence-electron chi connectivity index (χ2n) is 8.25. The predicted molar refractivity (Wildman–Crippen MR) is 117 cm³/mol. The van der Waals surface area contributed by atoms with Crippen molar-refractivity contribution in [2.45, 2.75) is 25.6 Å². The lowest BCUT2D eigenvalue weighted by molar-refractivity contribution is 0.393. The standard InChI is InChI=1S/C25H26FN3O/c1-16-6-8-18(9-7-16)24-22-15-29(14-17-4-3-5-19(26)12-17)23-11-10-20(30-2)13-21(23)25(22)28-27-24/h3-13,22,24-25,27-28H,14-15H2,1-2H3. The number of halogens is 1. The van der Waals surface area contributed by atoms with Gasteiger partial charge in [-0.05, 0) is 53.9 Å². The summed E-state index contributed by atoms with van der Waals surface area (Å²) < 4.78 is 19.3. The number of anilines is 1. The maximum atomic E-state index is 13.8. The summed E-state index contributed by atoms with van der Waals surface area (Å²) >= 11 is 0. The lowest BCUT2D eigenvalue weighted by atomic mass is 9.81. The van der Waals surface area contributed by atoms with E-state index in [2.05, 4.69) is 59.1 Å². The van der Waals surface area contributed by atoms with Gasteiger partial charge < -0.3 is 9.64 Å². The van der Waals surface area contributed by atoms with Crippen LogP contribution in [-0.4, -0.2) is 13.7 Å². The first-order valence-corrected chi connectivity index (χ1v) is 10.4. The minimum Gasteiger partial charge on any atom is -0.497 e. The van der Waals surface area contributed by atoms with E-state index in [0.717, 1.165) is 17.9 Å². The molecule has 2 heterocycles. The molecule has 0 amide bonds. The molecule has 0 saturated carbocycles. The van der Waals surface area contributed by atoms with Gasteiger partial charge in [0.2, 0.25) is 0 Å². The van der Waals surface area contributed by atoms with E-state index in [-0.39, 0.29) is 17.9 Å². The monoisotopic (exact) mass is 403 g/mol. The summed E-state index contributed by atoms with van der Waals surface area (Å²) in [5.41, 5.74) is 12.9. The normalized spacial score (nSPS) is 22.5.